The Kier molecular flexibility index (Phi) is 4.38. The van der Waals surface area contributed by atoms with Gasteiger partial charge in [-0.1, -0.05) is 23.2 Å². The molecule has 1 aromatic heterocycles. The first kappa shape index (κ1) is 15.2. The van der Waals surface area contributed by atoms with Crippen molar-refractivity contribution in [1.29, 1.82) is 10.5 Å². The van der Waals surface area contributed by atoms with Crippen molar-refractivity contribution in [2.45, 2.75) is 13.8 Å². The minimum Gasteiger partial charge on any atom is -0.318 e. The number of rotatable bonds is 2. The van der Waals surface area contributed by atoms with Gasteiger partial charge in [0.05, 0.1) is 0 Å². The predicted octanol–water partition coefficient (Wildman–Crippen LogP) is 4.83. The van der Waals surface area contributed by atoms with Crippen molar-refractivity contribution in [3.63, 3.8) is 0 Å². The monoisotopic (exact) mass is 315 g/mol. The van der Waals surface area contributed by atoms with E-state index >= 15 is 0 Å². The number of aromatic nitrogens is 1. The van der Waals surface area contributed by atoms with E-state index in [1.165, 1.54) is 0 Å². The summed E-state index contributed by atoms with van der Waals surface area (Å²) < 4.78 is 1.98. The first-order chi connectivity index (χ1) is 9.96. The van der Waals surface area contributed by atoms with Gasteiger partial charge in [-0.25, -0.2) is 0 Å². The summed E-state index contributed by atoms with van der Waals surface area (Å²) in [6.45, 7) is 3.86. The molecule has 0 unspecified atom stereocenters. The van der Waals surface area contributed by atoms with Crippen molar-refractivity contribution in [1.82, 2.24) is 4.57 Å². The molecule has 0 radical (unpaired) electrons. The lowest BCUT2D eigenvalue weighted by atomic mass is 10.1. The van der Waals surface area contributed by atoms with Gasteiger partial charge in [0.2, 0.25) is 0 Å². The molecule has 3 nitrogen and oxygen atoms in total. The Morgan fingerprint density at radius 3 is 2.14 bits per heavy atom. The number of allylic oxidation sites excluding steroid dienone is 1. The molecule has 5 heteroatoms. The van der Waals surface area contributed by atoms with Gasteiger partial charge in [0, 0.05) is 27.1 Å². The highest BCUT2D eigenvalue weighted by molar-refractivity contribution is 6.34. The van der Waals surface area contributed by atoms with Crippen LogP contribution >= 0.6 is 23.2 Å². The highest BCUT2D eigenvalue weighted by Crippen LogP contribution is 2.27. The summed E-state index contributed by atoms with van der Waals surface area (Å²) in [7, 11) is 0. The molecule has 1 heterocycles. The molecular weight excluding hydrogens is 305 g/mol. The second-order valence-electron chi connectivity index (χ2n) is 4.57. The fourth-order valence-electron chi connectivity index (χ4n) is 2.24. The number of hydrogen-bond donors (Lipinski definition) is 0. The summed E-state index contributed by atoms with van der Waals surface area (Å²) in [5.41, 5.74) is 3.61. The van der Waals surface area contributed by atoms with Crippen LogP contribution in [-0.2, 0) is 0 Å². The van der Waals surface area contributed by atoms with Crippen LogP contribution in [0.4, 0.5) is 0 Å². The first-order valence-corrected chi connectivity index (χ1v) is 6.89. The van der Waals surface area contributed by atoms with E-state index in [2.05, 4.69) is 0 Å². The zero-order valence-corrected chi connectivity index (χ0v) is 13.0. The predicted molar refractivity (Wildman–Crippen MR) is 84.5 cm³/mol. The standard InChI is InChI=1S/C16H11Cl2N3/c1-10-3-13(4-12(8-19)9-20)11(2)21(10)16-6-14(17)5-15(18)7-16/h3-7H,1-2H3. The van der Waals surface area contributed by atoms with Crippen LogP contribution in [0.5, 0.6) is 0 Å². The number of nitrogens with zero attached hydrogens (tertiary/aromatic N) is 3. The van der Waals surface area contributed by atoms with Crippen LogP contribution in [0, 0.1) is 36.5 Å². The fourth-order valence-corrected chi connectivity index (χ4v) is 2.76. The quantitative estimate of drug-likeness (QED) is 0.745. The summed E-state index contributed by atoms with van der Waals surface area (Å²) in [4.78, 5) is 0. The molecule has 0 saturated carbocycles. The topological polar surface area (TPSA) is 52.5 Å². The molecule has 21 heavy (non-hydrogen) atoms. The maximum Gasteiger partial charge on any atom is 0.130 e. The third kappa shape index (κ3) is 3.11. The molecule has 0 amide bonds. The lowest BCUT2D eigenvalue weighted by Gasteiger charge is -2.10. The second-order valence-corrected chi connectivity index (χ2v) is 5.44. The number of nitriles is 2. The van der Waals surface area contributed by atoms with E-state index in [0.29, 0.717) is 10.0 Å². The van der Waals surface area contributed by atoms with Crippen LogP contribution in [0.25, 0.3) is 11.8 Å². The van der Waals surface area contributed by atoms with Crippen LogP contribution in [0.1, 0.15) is 17.0 Å². The molecule has 0 N–H and O–H groups in total. The molecule has 104 valence electrons. The first-order valence-electron chi connectivity index (χ1n) is 6.13. The number of aryl methyl sites for hydroxylation is 1. The van der Waals surface area contributed by atoms with Gasteiger partial charge in [0.25, 0.3) is 0 Å². The van der Waals surface area contributed by atoms with Crippen LogP contribution in [0.2, 0.25) is 10.0 Å². The van der Waals surface area contributed by atoms with E-state index in [4.69, 9.17) is 33.7 Å². The summed E-state index contributed by atoms with van der Waals surface area (Å²) in [6, 6.07) is 10.9. The van der Waals surface area contributed by atoms with Gasteiger partial charge in [-0.05, 0) is 49.8 Å². The average Bonchev–Trinajstić information content (AvgIpc) is 2.69. The molecule has 1 aromatic carbocycles. The molecule has 2 rings (SSSR count). The van der Waals surface area contributed by atoms with Crippen molar-refractivity contribution >= 4 is 29.3 Å². The minimum atomic E-state index is 0.0689. The van der Waals surface area contributed by atoms with Crippen LogP contribution in [-0.4, -0.2) is 4.57 Å². The van der Waals surface area contributed by atoms with E-state index in [-0.39, 0.29) is 5.57 Å². The maximum atomic E-state index is 8.86. The van der Waals surface area contributed by atoms with E-state index in [1.54, 1.807) is 12.1 Å². The Labute approximate surface area is 133 Å². The van der Waals surface area contributed by atoms with Gasteiger partial charge in [-0.2, -0.15) is 10.5 Å². The Hall–Kier alpha value is -2.20. The highest BCUT2D eigenvalue weighted by atomic mass is 35.5. The summed E-state index contributed by atoms with van der Waals surface area (Å²) in [6.07, 6.45) is 1.57. The molecule has 0 bridgehead atoms. The van der Waals surface area contributed by atoms with Gasteiger partial charge in [-0.3, -0.25) is 0 Å². The van der Waals surface area contributed by atoms with Crippen LogP contribution in [0.15, 0.2) is 29.8 Å². The molecule has 0 atom stereocenters. The summed E-state index contributed by atoms with van der Waals surface area (Å²) >= 11 is 12.1. The smallest absolute Gasteiger partial charge is 0.130 e. The third-order valence-corrected chi connectivity index (χ3v) is 3.55. The van der Waals surface area contributed by atoms with Gasteiger partial charge < -0.3 is 4.57 Å². The molecule has 0 spiro atoms. The van der Waals surface area contributed by atoms with E-state index in [1.807, 2.05) is 48.8 Å². The number of hydrogen-bond acceptors (Lipinski definition) is 2. The van der Waals surface area contributed by atoms with Gasteiger partial charge in [0.1, 0.15) is 17.7 Å². The average molecular weight is 316 g/mol. The minimum absolute atomic E-state index is 0.0689. The summed E-state index contributed by atoms with van der Waals surface area (Å²) in [5.74, 6) is 0. The molecule has 0 saturated heterocycles. The highest BCUT2D eigenvalue weighted by Gasteiger charge is 2.11. The Morgan fingerprint density at radius 1 is 1.05 bits per heavy atom. The third-order valence-electron chi connectivity index (χ3n) is 3.12. The molecule has 0 aliphatic heterocycles. The zero-order valence-electron chi connectivity index (χ0n) is 11.5. The van der Waals surface area contributed by atoms with E-state index in [0.717, 1.165) is 22.6 Å². The van der Waals surface area contributed by atoms with Crippen molar-refractivity contribution in [2.75, 3.05) is 0 Å². The fraction of sp³-hybridized carbons (Fsp3) is 0.125. The Morgan fingerprint density at radius 2 is 1.62 bits per heavy atom. The van der Waals surface area contributed by atoms with E-state index < -0.39 is 0 Å². The lowest BCUT2D eigenvalue weighted by molar-refractivity contribution is 0.965. The van der Waals surface area contributed by atoms with E-state index in [9.17, 15) is 0 Å². The number of benzene rings is 1. The molecule has 0 aliphatic carbocycles. The van der Waals surface area contributed by atoms with Crippen molar-refractivity contribution < 1.29 is 0 Å². The molecule has 0 aliphatic rings. The van der Waals surface area contributed by atoms with Crippen molar-refractivity contribution in [3.05, 3.63) is 56.8 Å². The summed E-state index contributed by atoms with van der Waals surface area (Å²) in [5, 5.41) is 18.8. The largest absolute Gasteiger partial charge is 0.318 e. The van der Waals surface area contributed by atoms with Crippen molar-refractivity contribution in [3.8, 4) is 17.8 Å². The van der Waals surface area contributed by atoms with Gasteiger partial charge >= 0.3 is 0 Å². The van der Waals surface area contributed by atoms with Gasteiger partial charge in [0.15, 0.2) is 0 Å². The maximum absolute atomic E-state index is 8.86. The number of halogens is 2. The second kappa shape index (κ2) is 6.06. The molecule has 0 fully saturated rings. The SMILES string of the molecule is Cc1cc(C=C(C#N)C#N)c(C)n1-c1cc(Cl)cc(Cl)c1. The van der Waals surface area contributed by atoms with Gasteiger partial charge in [-0.15, -0.1) is 0 Å². The Bertz CT molecular complexity index is 781. The van der Waals surface area contributed by atoms with Crippen LogP contribution < -0.4 is 0 Å². The molecule has 2 aromatic rings. The van der Waals surface area contributed by atoms with Crippen molar-refractivity contribution in [2.24, 2.45) is 0 Å². The normalized spacial score (nSPS) is 9.81. The lowest BCUT2D eigenvalue weighted by Crippen LogP contribution is -1.99. The molecular formula is C16H11Cl2N3. The zero-order chi connectivity index (χ0) is 15.6. The van der Waals surface area contributed by atoms with Crippen LogP contribution in [0.3, 0.4) is 0 Å². The Balaban J connectivity index is 2.63.